The van der Waals surface area contributed by atoms with Gasteiger partial charge in [-0.3, -0.25) is 4.79 Å². The zero-order chi connectivity index (χ0) is 22.6. The molecule has 2 heterocycles. The minimum atomic E-state index is -0.941. The highest BCUT2D eigenvalue weighted by Crippen LogP contribution is 2.44. The standard InChI is InChI=1S/C26H28N2O4/c1-15-21(14-29)27-32-23(15)17-9-7-16(8-10-17)20-6-4-5-19-13-28(25(30)22(19)20)24(18-11-12-18)26(2,3)31/h4-10,18,24,29,31H,11-14H2,1-3H3/t24-/m1/s1. The van der Waals surface area contributed by atoms with Gasteiger partial charge in [-0.25, -0.2) is 0 Å². The van der Waals surface area contributed by atoms with Gasteiger partial charge in [0.15, 0.2) is 5.76 Å². The summed E-state index contributed by atoms with van der Waals surface area (Å²) < 4.78 is 5.42. The maximum atomic E-state index is 13.5. The van der Waals surface area contributed by atoms with E-state index in [2.05, 4.69) is 5.16 Å². The Bertz CT molecular complexity index is 1170. The molecule has 1 aliphatic carbocycles. The van der Waals surface area contributed by atoms with Crippen molar-refractivity contribution in [1.29, 1.82) is 0 Å². The van der Waals surface area contributed by atoms with Crippen molar-refractivity contribution >= 4 is 5.91 Å². The summed E-state index contributed by atoms with van der Waals surface area (Å²) in [4.78, 5) is 15.4. The molecule has 2 aromatic carbocycles. The lowest BCUT2D eigenvalue weighted by molar-refractivity contribution is -0.0224. The molecule has 6 heteroatoms. The molecular formula is C26H28N2O4. The van der Waals surface area contributed by atoms with Crippen LogP contribution in [0, 0.1) is 12.8 Å². The highest BCUT2D eigenvalue weighted by molar-refractivity contribution is 6.04. The summed E-state index contributed by atoms with van der Waals surface area (Å²) in [6.07, 6.45) is 2.12. The molecule has 0 radical (unpaired) electrons. The van der Waals surface area contributed by atoms with E-state index in [9.17, 15) is 15.0 Å². The number of hydrogen-bond donors (Lipinski definition) is 2. The topological polar surface area (TPSA) is 86.8 Å². The van der Waals surface area contributed by atoms with Crippen molar-refractivity contribution in [3.05, 3.63) is 64.8 Å². The normalized spacial score (nSPS) is 17.0. The summed E-state index contributed by atoms with van der Waals surface area (Å²) in [5, 5.41) is 24.1. The first-order valence-electron chi connectivity index (χ1n) is 11.1. The number of aromatic nitrogens is 1. The summed E-state index contributed by atoms with van der Waals surface area (Å²) in [6, 6.07) is 13.7. The molecule has 0 unspecified atom stereocenters. The van der Waals surface area contributed by atoms with Crippen LogP contribution in [0.25, 0.3) is 22.5 Å². The molecule has 0 bridgehead atoms. The molecule has 1 atom stereocenters. The number of carbonyl (C=O) groups is 1. The van der Waals surface area contributed by atoms with E-state index in [-0.39, 0.29) is 18.6 Å². The zero-order valence-corrected chi connectivity index (χ0v) is 18.6. The average molecular weight is 433 g/mol. The molecule has 0 spiro atoms. The Morgan fingerprint density at radius 3 is 2.44 bits per heavy atom. The van der Waals surface area contributed by atoms with Gasteiger partial charge in [-0.15, -0.1) is 0 Å². The Hall–Kier alpha value is -2.96. The Morgan fingerprint density at radius 2 is 1.84 bits per heavy atom. The van der Waals surface area contributed by atoms with Crippen LogP contribution < -0.4 is 0 Å². The molecule has 1 saturated carbocycles. The van der Waals surface area contributed by atoms with Gasteiger partial charge in [-0.1, -0.05) is 47.6 Å². The molecule has 2 aliphatic rings. The number of nitrogens with zero attached hydrogens (tertiary/aromatic N) is 2. The fourth-order valence-corrected chi connectivity index (χ4v) is 5.06. The number of carbonyl (C=O) groups excluding carboxylic acids is 1. The molecule has 1 aliphatic heterocycles. The lowest BCUT2D eigenvalue weighted by Gasteiger charge is -2.37. The fraction of sp³-hybridized carbons (Fsp3) is 0.385. The number of amides is 1. The van der Waals surface area contributed by atoms with Crippen molar-refractivity contribution in [3.63, 3.8) is 0 Å². The van der Waals surface area contributed by atoms with E-state index in [1.165, 1.54) is 0 Å². The van der Waals surface area contributed by atoms with Gasteiger partial charge in [0, 0.05) is 17.7 Å². The third-order valence-electron chi connectivity index (χ3n) is 6.72. The highest BCUT2D eigenvalue weighted by atomic mass is 16.5. The third-order valence-corrected chi connectivity index (χ3v) is 6.72. The summed E-state index contributed by atoms with van der Waals surface area (Å²) in [7, 11) is 0. The quantitative estimate of drug-likeness (QED) is 0.606. The Morgan fingerprint density at radius 1 is 1.16 bits per heavy atom. The van der Waals surface area contributed by atoms with Gasteiger partial charge in [0.25, 0.3) is 5.91 Å². The van der Waals surface area contributed by atoms with Crippen molar-refractivity contribution < 1.29 is 19.5 Å². The van der Waals surface area contributed by atoms with Crippen molar-refractivity contribution in [2.45, 2.75) is 58.4 Å². The Labute approximate surface area is 187 Å². The first kappa shape index (κ1) is 20.9. The largest absolute Gasteiger partial charge is 0.390 e. The summed E-state index contributed by atoms with van der Waals surface area (Å²) in [6.45, 7) is 5.86. The molecule has 1 amide bonds. The van der Waals surface area contributed by atoms with Crippen LogP contribution in [0.15, 0.2) is 47.0 Å². The van der Waals surface area contributed by atoms with Crippen LogP contribution in [0.2, 0.25) is 0 Å². The van der Waals surface area contributed by atoms with Gasteiger partial charge in [0.05, 0.1) is 23.8 Å². The van der Waals surface area contributed by atoms with Crippen molar-refractivity contribution in [1.82, 2.24) is 10.1 Å². The van der Waals surface area contributed by atoms with Gasteiger partial charge in [-0.05, 0) is 56.2 Å². The molecular weight excluding hydrogens is 404 g/mol. The lowest BCUT2D eigenvalue weighted by atomic mass is 9.92. The van der Waals surface area contributed by atoms with E-state index in [4.69, 9.17) is 4.52 Å². The van der Waals surface area contributed by atoms with Gasteiger partial charge >= 0.3 is 0 Å². The van der Waals surface area contributed by atoms with E-state index in [1.807, 2.05) is 54.3 Å². The fourth-order valence-electron chi connectivity index (χ4n) is 5.06. The van der Waals surface area contributed by atoms with Crippen molar-refractivity contribution in [2.24, 2.45) is 5.92 Å². The summed E-state index contributed by atoms with van der Waals surface area (Å²) in [5.41, 5.74) is 4.87. The van der Waals surface area contributed by atoms with Gasteiger partial charge in [0.1, 0.15) is 5.69 Å². The molecule has 166 valence electrons. The Balaban J connectivity index is 1.48. The van der Waals surface area contributed by atoms with E-state index < -0.39 is 5.60 Å². The molecule has 1 fully saturated rings. The van der Waals surface area contributed by atoms with E-state index in [1.54, 1.807) is 13.8 Å². The number of benzene rings is 2. The van der Waals surface area contributed by atoms with Crippen LogP contribution in [0.5, 0.6) is 0 Å². The van der Waals surface area contributed by atoms with Crippen LogP contribution in [0.3, 0.4) is 0 Å². The maximum absolute atomic E-state index is 13.5. The van der Waals surface area contributed by atoms with Gasteiger partial charge in [0.2, 0.25) is 0 Å². The van der Waals surface area contributed by atoms with E-state index in [0.29, 0.717) is 23.9 Å². The molecule has 0 saturated heterocycles. The molecule has 2 N–H and O–H groups in total. The highest BCUT2D eigenvalue weighted by Gasteiger charge is 2.48. The van der Waals surface area contributed by atoms with Crippen LogP contribution in [-0.2, 0) is 13.2 Å². The second-order valence-corrected chi connectivity index (χ2v) is 9.53. The first-order valence-corrected chi connectivity index (χ1v) is 11.1. The minimum Gasteiger partial charge on any atom is -0.390 e. The minimum absolute atomic E-state index is 0.00244. The predicted molar refractivity (Wildman–Crippen MR) is 121 cm³/mol. The van der Waals surface area contributed by atoms with E-state index >= 15 is 0 Å². The number of hydrogen-bond acceptors (Lipinski definition) is 5. The third kappa shape index (κ3) is 3.44. The SMILES string of the molecule is Cc1c(CO)noc1-c1ccc(-c2cccc3c2C(=O)N([C@H](C2CC2)C(C)(C)O)C3)cc1. The smallest absolute Gasteiger partial charge is 0.255 e. The monoisotopic (exact) mass is 432 g/mol. The molecule has 6 nitrogen and oxygen atoms in total. The second kappa shape index (κ2) is 7.57. The molecule has 5 rings (SSSR count). The van der Waals surface area contributed by atoms with Gasteiger partial charge in [-0.2, -0.15) is 0 Å². The first-order chi connectivity index (χ1) is 15.3. The summed E-state index contributed by atoms with van der Waals surface area (Å²) >= 11 is 0. The number of aliphatic hydroxyl groups excluding tert-OH is 1. The predicted octanol–water partition coefficient (Wildman–Crippen LogP) is 4.31. The van der Waals surface area contributed by atoms with Crippen LogP contribution in [0.4, 0.5) is 0 Å². The van der Waals surface area contributed by atoms with Crippen molar-refractivity contribution in [2.75, 3.05) is 0 Å². The summed E-state index contributed by atoms with van der Waals surface area (Å²) in [5.74, 6) is 1.00. The lowest BCUT2D eigenvalue weighted by Crippen LogP contribution is -2.51. The zero-order valence-electron chi connectivity index (χ0n) is 18.6. The number of fused-ring (bicyclic) bond motifs is 1. The molecule has 1 aromatic heterocycles. The van der Waals surface area contributed by atoms with Crippen molar-refractivity contribution in [3.8, 4) is 22.5 Å². The number of aliphatic hydroxyl groups is 2. The van der Waals surface area contributed by atoms with Crippen LogP contribution >= 0.6 is 0 Å². The second-order valence-electron chi connectivity index (χ2n) is 9.53. The Kier molecular flexibility index (Phi) is 4.95. The maximum Gasteiger partial charge on any atom is 0.255 e. The van der Waals surface area contributed by atoms with Gasteiger partial charge < -0.3 is 19.6 Å². The van der Waals surface area contributed by atoms with Crippen LogP contribution in [-0.4, -0.2) is 37.8 Å². The molecule has 32 heavy (non-hydrogen) atoms. The molecule has 3 aromatic rings. The van der Waals surface area contributed by atoms with Crippen LogP contribution in [0.1, 0.15) is 53.9 Å². The van der Waals surface area contributed by atoms with E-state index in [0.717, 1.165) is 46.2 Å². The average Bonchev–Trinajstić information content (AvgIpc) is 3.44. The number of rotatable bonds is 6.